The van der Waals surface area contributed by atoms with E-state index in [2.05, 4.69) is 0 Å². The Labute approximate surface area is 78.1 Å². The highest BCUT2D eigenvalue weighted by atomic mass is 35.5. The van der Waals surface area contributed by atoms with Gasteiger partial charge in [0.15, 0.2) is 0 Å². The van der Waals surface area contributed by atoms with Gasteiger partial charge in [0.05, 0.1) is 0 Å². The van der Waals surface area contributed by atoms with Gasteiger partial charge in [-0.1, -0.05) is 29.8 Å². The normalized spacial score (nSPS) is 9.92. The third kappa shape index (κ3) is 12.2. The highest BCUT2D eigenvalue weighted by molar-refractivity contribution is 7.89. The minimum Gasteiger partial charge on any atom is -0.229 e. The van der Waals surface area contributed by atoms with Crippen LogP contribution in [0.5, 0.6) is 0 Å². The molecule has 0 radical (unpaired) electrons. The third-order valence-electron chi connectivity index (χ3n) is 0.733. The SMILES string of the molecule is CS(C)(=O)=O.Clc1ccccc1. The van der Waals surface area contributed by atoms with Gasteiger partial charge in [-0.25, -0.2) is 8.42 Å². The predicted molar refractivity (Wildman–Crippen MR) is 52.2 cm³/mol. The van der Waals surface area contributed by atoms with Gasteiger partial charge in [0.2, 0.25) is 0 Å². The number of halogens is 1. The van der Waals surface area contributed by atoms with Gasteiger partial charge < -0.3 is 0 Å². The summed E-state index contributed by atoms with van der Waals surface area (Å²) in [6.45, 7) is 0. The molecule has 0 aliphatic rings. The van der Waals surface area contributed by atoms with E-state index >= 15 is 0 Å². The van der Waals surface area contributed by atoms with Gasteiger partial charge in [-0.15, -0.1) is 0 Å². The molecule has 0 N–H and O–H groups in total. The highest BCUT2D eigenvalue weighted by Gasteiger charge is 1.79. The monoisotopic (exact) mass is 206 g/mol. The molecule has 0 amide bonds. The van der Waals surface area contributed by atoms with E-state index in [9.17, 15) is 8.42 Å². The fraction of sp³-hybridized carbons (Fsp3) is 0.250. The zero-order valence-corrected chi connectivity index (χ0v) is 8.56. The van der Waals surface area contributed by atoms with E-state index in [-0.39, 0.29) is 0 Å². The van der Waals surface area contributed by atoms with Gasteiger partial charge in [-0.3, -0.25) is 0 Å². The second-order valence-electron chi connectivity index (χ2n) is 2.44. The molecular formula is C8H11ClO2S. The Kier molecular flexibility index (Phi) is 4.93. The topological polar surface area (TPSA) is 34.1 Å². The van der Waals surface area contributed by atoms with Crippen molar-refractivity contribution in [2.75, 3.05) is 12.5 Å². The van der Waals surface area contributed by atoms with Crippen LogP contribution in [0.4, 0.5) is 0 Å². The Hall–Kier alpha value is -0.540. The fourth-order valence-corrected chi connectivity index (χ4v) is 0.560. The van der Waals surface area contributed by atoms with Gasteiger partial charge in [-0.05, 0) is 12.1 Å². The molecular weight excluding hydrogens is 196 g/mol. The molecule has 68 valence electrons. The summed E-state index contributed by atoms with van der Waals surface area (Å²) in [7, 11) is -2.67. The first-order valence-corrected chi connectivity index (χ1v) is 5.93. The van der Waals surface area contributed by atoms with E-state index in [1.807, 2.05) is 30.3 Å². The molecule has 0 fully saturated rings. The van der Waals surface area contributed by atoms with E-state index in [4.69, 9.17) is 11.6 Å². The maximum absolute atomic E-state index is 9.63. The maximum Gasteiger partial charge on any atom is 0.144 e. The van der Waals surface area contributed by atoms with Crippen LogP contribution in [-0.4, -0.2) is 20.9 Å². The van der Waals surface area contributed by atoms with Crippen LogP contribution in [-0.2, 0) is 9.84 Å². The zero-order chi connectivity index (χ0) is 9.61. The van der Waals surface area contributed by atoms with Crippen molar-refractivity contribution in [3.63, 3.8) is 0 Å². The van der Waals surface area contributed by atoms with Crippen LogP contribution in [0, 0.1) is 0 Å². The smallest absolute Gasteiger partial charge is 0.144 e. The Morgan fingerprint density at radius 3 is 1.58 bits per heavy atom. The first-order chi connectivity index (χ1) is 5.39. The lowest BCUT2D eigenvalue weighted by molar-refractivity contribution is 0.607. The van der Waals surface area contributed by atoms with Gasteiger partial charge in [0, 0.05) is 17.5 Å². The van der Waals surface area contributed by atoms with Crippen LogP contribution in [0.2, 0.25) is 5.02 Å². The molecule has 0 heterocycles. The van der Waals surface area contributed by atoms with Crippen LogP contribution in [0.15, 0.2) is 30.3 Å². The number of rotatable bonds is 0. The van der Waals surface area contributed by atoms with Crippen molar-refractivity contribution in [3.05, 3.63) is 35.4 Å². The van der Waals surface area contributed by atoms with Gasteiger partial charge in [0.25, 0.3) is 0 Å². The number of hydrogen-bond donors (Lipinski definition) is 0. The van der Waals surface area contributed by atoms with Crippen LogP contribution >= 0.6 is 11.6 Å². The summed E-state index contributed by atoms with van der Waals surface area (Å²) in [6, 6.07) is 9.44. The quantitative estimate of drug-likeness (QED) is 0.651. The molecule has 0 aliphatic carbocycles. The van der Waals surface area contributed by atoms with Crippen LogP contribution in [0.1, 0.15) is 0 Å². The first kappa shape index (κ1) is 11.5. The largest absolute Gasteiger partial charge is 0.229 e. The lowest BCUT2D eigenvalue weighted by atomic mass is 10.4. The molecule has 0 aliphatic heterocycles. The molecule has 2 nitrogen and oxygen atoms in total. The predicted octanol–water partition coefficient (Wildman–Crippen LogP) is 2.00. The van der Waals surface area contributed by atoms with Crippen LogP contribution < -0.4 is 0 Å². The van der Waals surface area contributed by atoms with Crippen molar-refractivity contribution < 1.29 is 8.42 Å². The lowest BCUT2D eigenvalue weighted by Crippen LogP contribution is -1.86. The summed E-state index contributed by atoms with van der Waals surface area (Å²) < 4.78 is 19.3. The van der Waals surface area contributed by atoms with Crippen LogP contribution in [0.3, 0.4) is 0 Å². The van der Waals surface area contributed by atoms with Crippen molar-refractivity contribution in [2.24, 2.45) is 0 Å². The summed E-state index contributed by atoms with van der Waals surface area (Å²) in [6.07, 6.45) is 2.32. The molecule has 1 aromatic rings. The molecule has 12 heavy (non-hydrogen) atoms. The maximum atomic E-state index is 9.63. The summed E-state index contributed by atoms with van der Waals surface area (Å²) in [4.78, 5) is 0. The minimum absolute atomic E-state index is 0.794. The molecule has 1 rings (SSSR count). The molecule has 0 unspecified atom stereocenters. The summed E-state index contributed by atoms with van der Waals surface area (Å²) in [5.74, 6) is 0. The van der Waals surface area contributed by atoms with E-state index in [0.717, 1.165) is 17.5 Å². The summed E-state index contributed by atoms with van der Waals surface area (Å²) >= 11 is 5.54. The zero-order valence-electron chi connectivity index (χ0n) is 6.99. The standard InChI is InChI=1S/C6H5Cl.C2H6O2S/c7-6-4-2-1-3-5-6;1-5(2,3)4/h1-5H;1-2H3. The Morgan fingerprint density at radius 2 is 1.42 bits per heavy atom. The molecule has 4 heteroatoms. The molecule has 0 spiro atoms. The van der Waals surface area contributed by atoms with Gasteiger partial charge in [0.1, 0.15) is 9.84 Å². The number of hydrogen-bond acceptors (Lipinski definition) is 2. The van der Waals surface area contributed by atoms with Crippen molar-refractivity contribution in [2.45, 2.75) is 0 Å². The molecule has 0 aromatic heterocycles. The minimum atomic E-state index is -2.67. The molecule has 1 aromatic carbocycles. The molecule has 0 bridgehead atoms. The number of sulfone groups is 1. The van der Waals surface area contributed by atoms with Gasteiger partial charge >= 0.3 is 0 Å². The summed E-state index contributed by atoms with van der Waals surface area (Å²) in [5.41, 5.74) is 0. The molecule has 0 saturated heterocycles. The number of benzene rings is 1. The second kappa shape index (κ2) is 5.17. The lowest BCUT2D eigenvalue weighted by Gasteiger charge is -1.80. The Morgan fingerprint density at radius 1 is 1.08 bits per heavy atom. The fourth-order valence-electron chi connectivity index (χ4n) is 0.415. The Balaban J connectivity index is 0.000000217. The average molecular weight is 207 g/mol. The molecule has 0 saturated carbocycles. The highest BCUT2D eigenvalue weighted by Crippen LogP contribution is 2.03. The van der Waals surface area contributed by atoms with Crippen molar-refractivity contribution >= 4 is 21.4 Å². The van der Waals surface area contributed by atoms with Crippen LogP contribution in [0.25, 0.3) is 0 Å². The van der Waals surface area contributed by atoms with E-state index in [1.54, 1.807) is 0 Å². The average Bonchev–Trinajstić information content (AvgIpc) is 1.85. The van der Waals surface area contributed by atoms with Crippen molar-refractivity contribution in [1.29, 1.82) is 0 Å². The Bertz CT molecular complexity index is 297. The van der Waals surface area contributed by atoms with E-state index in [0.29, 0.717) is 0 Å². The van der Waals surface area contributed by atoms with E-state index < -0.39 is 9.84 Å². The van der Waals surface area contributed by atoms with Crippen molar-refractivity contribution in [1.82, 2.24) is 0 Å². The molecule has 0 atom stereocenters. The van der Waals surface area contributed by atoms with Gasteiger partial charge in [-0.2, -0.15) is 0 Å². The van der Waals surface area contributed by atoms with E-state index in [1.165, 1.54) is 0 Å². The second-order valence-corrected chi connectivity index (χ2v) is 5.16. The van der Waals surface area contributed by atoms with Crippen molar-refractivity contribution in [3.8, 4) is 0 Å². The third-order valence-corrected chi connectivity index (χ3v) is 0.985. The summed E-state index contributed by atoms with van der Waals surface area (Å²) in [5, 5.41) is 0.794. The first-order valence-electron chi connectivity index (χ1n) is 3.25.